The van der Waals surface area contributed by atoms with Crippen LogP contribution < -0.4 is 10.7 Å². The Labute approximate surface area is 157 Å². The molecule has 1 atom stereocenters. The molecule has 0 aromatic heterocycles. The molecule has 0 saturated carbocycles. The van der Waals surface area contributed by atoms with Gasteiger partial charge in [-0.1, -0.05) is 43.3 Å². The van der Waals surface area contributed by atoms with Crippen molar-refractivity contribution in [2.24, 2.45) is 0 Å². The molecule has 1 aliphatic carbocycles. The summed E-state index contributed by atoms with van der Waals surface area (Å²) >= 11 is 0. The molecule has 6 heteroatoms. The first kappa shape index (κ1) is 17.3. The number of rotatable bonds is 4. The van der Waals surface area contributed by atoms with E-state index in [0.717, 1.165) is 29.8 Å². The van der Waals surface area contributed by atoms with E-state index in [9.17, 15) is 14.4 Å². The molecule has 2 N–H and O–H groups in total. The fraction of sp³-hybridized carbons (Fsp3) is 0.286. The highest BCUT2D eigenvalue weighted by Crippen LogP contribution is 2.31. The summed E-state index contributed by atoms with van der Waals surface area (Å²) in [5.74, 6) is -0.941. The van der Waals surface area contributed by atoms with Crippen LogP contribution in [0.15, 0.2) is 48.5 Å². The molecule has 1 heterocycles. The predicted molar refractivity (Wildman–Crippen MR) is 99.7 cm³/mol. The Morgan fingerprint density at radius 2 is 1.85 bits per heavy atom. The highest BCUT2D eigenvalue weighted by molar-refractivity contribution is 6.09. The summed E-state index contributed by atoms with van der Waals surface area (Å²) in [5, 5.41) is 3.55. The van der Waals surface area contributed by atoms with Crippen molar-refractivity contribution >= 4 is 17.8 Å². The maximum absolute atomic E-state index is 13.1. The largest absolute Gasteiger partial charge is 0.344 e. The van der Waals surface area contributed by atoms with Crippen LogP contribution in [0.4, 0.5) is 4.79 Å². The molecule has 138 valence electrons. The Morgan fingerprint density at radius 3 is 2.59 bits per heavy atom. The second-order valence-electron chi connectivity index (χ2n) is 6.97. The van der Waals surface area contributed by atoms with Crippen molar-refractivity contribution in [1.29, 1.82) is 0 Å². The topological polar surface area (TPSA) is 78.5 Å². The van der Waals surface area contributed by atoms with Crippen molar-refractivity contribution in [3.63, 3.8) is 0 Å². The number of urea groups is 1. The van der Waals surface area contributed by atoms with Crippen LogP contribution in [-0.2, 0) is 23.2 Å². The molecule has 0 spiro atoms. The number of hydrazine groups is 1. The highest BCUT2D eigenvalue weighted by atomic mass is 16.2. The maximum Gasteiger partial charge on any atom is 0.344 e. The molecule has 2 aromatic rings. The molecule has 0 bridgehead atoms. The van der Waals surface area contributed by atoms with E-state index in [1.165, 1.54) is 5.56 Å². The van der Waals surface area contributed by atoms with Gasteiger partial charge in [-0.2, -0.15) is 5.01 Å². The average molecular weight is 363 g/mol. The lowest BCUT2D eigenvalue weighted by atomic mass is 9.87. The molecule has 6 nitrogen and oxygen atoms in total. The predicted octanol–water partition coefficient (Wildman–Crippen LogP) is 2.68. The first-order valence-corrected chi connectivity index (χ1v) is 9.20. The fourth-order valence-corrected chi connectivity index (χ4v) is 3.92. The number of carbonyl (C=O) groups is 3. The van der Waals surface area contributed by atoms with Gasteiger partial charge in [-0.3, -0.25) is 15.0 Å². The summed E-state index contributed by atoms with van der Waals surface area (Å²) in [5.41, 5.74) is 4.88. The maximum atomic E-state index is 13.1. The summed E-state index contributed by atoms with van der Waals surface area (Å²) in [6.07, 6.45) is 3.45. The number of hydrogen-bond acceptors (Lipinski definition) is 3. The Hall–Kier alpha value is -3.15. The van der Waals surface area contributed by atoms with E-state index in [1.54, 1.807) is 18.2 Å². The molecule has 1 saturated heterocycles. The van der Waals surface area contributed by atoms with Crippen LogP contribution in [0.1, 0.15) is 46.8 Å². The zero-order valence-electron chi connectivity index (χ0n) is 15.1. The average Bonchev–Trinajstić information content (AvgIpc) is 3.26. The van der Waals surface area contributed by atoms with Crippen LogP contribution in [0.2, 0.25) is 0 Å². The Balaban J connectivity index is 1.58. The Bertz CT molecular complexity index is 926. The zero-order chi connectivity index (χ0) is 19.0. The number of nitrogens with one attached hydrogen (secondary N) is 2. The van der Waals surface area contributed by atoms with Gasteiger partial charge in [-0.05, 0) is 54.5 Å². The van der Waals surface area contributed by atoms with Gasteiger partial charge in [0, 0.05) is 5.56 Å². The highest BCUT2D eigenvalue weighted by Gasteiger charge is 2.52. The second kappa shape index (κ2) is 6.54. The van der Waals surface area contributed by atoms with E-state index < -0.39 is 23.4 Å². The van der Waals surface area contributed by atoms with Crippen LogP contribution in [0.5, 0.6) is 0 Å². The van der Waals surface area contributed by atoms with Gasteiger partial charge < -0.3 is 5.32 Å². The molecule has 27 heavy (non-hydrogen) atoms. The van der Waals surface area contributed by atoms with Crippen molar-refractivity contribution < 1.29 is 14.4 Å². The molecule has 4 amide bonds. The van der Waals surface area contributed by atoms with Gasteiger partial charge in [0.05, 0.1) is 0 Å². The van der Waals surface area contributed by atoms with Crippen LogP contribution in [0, 0.1) is 0 Å². The fourth-order valence-electron chi connectivity index (χ4n) is 3.92. The van der Waals surface area contributed by atoms with E-state index in [0.29, 0.717) is 17.5 Å². The summed E-state index contributed by atoms with van der Waals surface area (Å²) < 4.78 is 0. The van der Waals surface area contributed by atoms with Gasteiger partial charge >= 0.3 is 6.03 Å². The molecule has 0 radical (unpaired) electrons. The van der Waals surface area contributed by atoms with E-state index in [1.807, 2.05) is 37.3 Å². The minimum absolute atomic E-state index is 0.382. The van der Waals surface area contributed by atoms with Crippen LogP contribution >= 0.6 is 0 Å². The number of fused-ring (bicyclic) bond motifs is 1. The zero-order valence-corrected chi connectivity index (χ0v) is 15.1. The van der Waals surface area contributed by atoms with Gasteiger partial charge in [0.2, 0.25) is 0 Å². The molecular weight excluding hydrogens is 342 g/mol. The van der Waals surface area contributed by atoms with Gasteiger partial charge in [0.15, 0.2) is 0 Å². The molecule has 1 aliphatic heterocycles. The SMILES string of the molecule is CC[C@]1(c2ccccc2)NC(=O)N(NC(=O)c2ccc3c(c2)CCC3)C1=O. The van der Waals surface area contributed by atoms with Crippen molar-refractivity contribution in [2.45, 2.75) is 38.1 Å². The minimum Gasteiger partial charge on any atom is -0.318 e. The van der Waals surface area contributed by atoms with E-state index in [-0.39, 0.29) is 0 Å². The molecule has 2 aromatic carbocycles. The first-order chi connectivity index (χ1) is 13.0. The number of carbonyl (C=O) groups excluding carboxylic acids is 3. The lowest BCUT2D eigenvalue weighted by Crippen LogP contribution is -2.48. The summed E-state index contributed by atoms with van der Waals surface area (Å²) in [6.45, 7) is 1.83. The van der Waals surface area contributed by atoms with E-state index >= 15 is 0 Å². The Kier molecular flexibility index (Phi) is 4.18. The van der Waals surface area contributed by atoms with Crippen LogP contribution in [0.3, 0.4) is 0 Å². The minimum atomic E-state index is -1.16. The molecule has 2 aliphatic rings. The molecule has 4 rings (SSSR count). The van der Waals surface area contributed by atoms with Crippen molar-refractivity contribution in [2.75, 3.05) is 0 Å². The third-order valence-corrected chi connectivity index (χ3v) is 5.46. The normalized spacial score (nSPS) is 21.1. The number of hydrogen-bond donors (Lipinski definition) is 2. The molecular formula is C21H21N3O3. The summed E-state index contributed by atoms with van der Waals surface area (Å²) in [4.78, 5) is 38.2. The van der Waals surface area contributed by atoms with Gasteiger partial charge in [-0.15, -0.1) is 0 Å². The van der Waals surface area contributed by atoms with Crippen molar-refractivity contribution in [3.05, 3.63) is 70.8 Å². The summed E-state index contributed by atoms with van der Waals surface area (Å²) in [6, 6.07) is 14.0. The van der Waals surface area contributed by atoms with Crippen molar-refractivity contribution in [3.8, 4) is 0 Å². The smallest absolute Gasteiger partial charge is 0.318 e. The van der Waals surface area contributed by atoms with E-state index in [4.69, 9.17) is 0 Å². The second-order valence-corrected chi connectivity index (χ2v) is 6.97. The van der Waals surface area contributed by atoms with Gasteiger partial charge in [0.25, 0.3) is 11.8 Å². The lowest BCUT2D eigenvalue weighted by Gasteiger charge is -2.25. The Morgan fingerprint density at radius 1 is 1.11 bits per heavy atom. The van der Waals surface area contributed by atoms with E-state index in [2.05, 4.69) is 10.7 Å². The molecule has 1 fully saturated rings. The van der Waals surface area contributed by atoms with Crippen LogP contribution in [-0.4, -0.2) is 22.9 Å². The number of amides is 4. The molecule has 0 unspecified atom stereocenters. The number of benzene rings is 2. The third kappa shape index (κ3) is 2.77. The van der Waals surface area contributed by atoms with Gasteiger partial charge in [0.1, 0.15) is 5.54 Å². The van der Waals surface area contributed by atoms with Gasteiger partial charge in [-0.25, -0.2) is 4.79 Å². The number of aryl methyl sites for hydroxylation is 2. The third-order valence-electron chi connectivity index (χ3n) is 5.46. The lowest BCUT2D eigenvalue weighted by molar-refractivity contribution is -0.133. The number of imide groups is 1. The van der Waals surface area contributed by atoms with Crippen LogP contribution in [0.25, 0.3) is 0 Å². The quantitative estimate of drug-likeness (QED) is 0.820. The summed E-state index contributed by atoms with van der Waals surface area (Å²) in [7, 11) is 0. The van der Waals surface area contributed by atoms with Crippen molar-refractivity contribution in [1.82, 2.24) is 15.8 Å². The first-order valence-electron chi connectivity index (χ1n) is 9.20. The standard InChI is InChI=1S/C21H21N3O3/c1-2-21(17-9-4-3-5-10-17)19(26)24(20(27)22-21)23-18(25)16-12-11-14-7-6-8-15(14)13-16/h3-5,9-13H,2,6-8H2,1H3,(H,22,27)(H,23,25)/t21-/m1/s1. The monoisotopic (exact) mass is 363 g/mol. The number of nitrogens with zero attached hydrogens (tertiary/aromatic N) is 1.